The van der Waals surface area contributed by atoms with E-state index in [2.05, 4.69) is 12.2 Å². The summed E-state index contributed by atoms with van der Waals surface area (Å²) in [5, 5.41) is 3.57. The standard InChI is InChI=1S/C13H17ClFN/c1-9(10-4-2-5-10)16-8-11-6-3-7-12(14)13(11)15/h3,6-7,9-10,16H,2,4-5,8H2,1H3. The summed E-state index contributed by atoms with van der Waals surface area (Å²) in [5.41, 5.74) is 0.652. The Bertz CT molecular complexity index is 363. The van der Waals surface area contributed by atoms with Crippen LogP contribution in [0.25, 0.3) is 0 Å². The van der Waals surface area contributed by atoms with E-state index < -0.39 is 0 Å². The number of hydrogen-bond acceptors (Lipinski definition) is 1. The molecule has 0 radical (unpaired) electrons. The predicted octanol–water partition coefficient (Wildman–Crippen LogP) is 3.76. The van der Waals surface area contributed by atoms with Gasteiger partial charge in [-0.05, 0) is 31.7 Å². The fourth-order valence-corrected chi connectivity index (χ4v) is 2.26. The van der Waals surface area contributed by atoms with Crippen molar-refractivity contribution in [2.24, 2.45) is 5.92 Å². The van der Waals surface area contributed by atoms with Crippen LogP contribution in [0.15, 0.2) is 18.2 Å². The van der Waals surface area contributed by atoms with Gasteiger partial charge in [-0.1, -0.05) is 30.2 Å². The monoisotopic (exact) mass is 241 g/mol. The molecule has 1 atom stereocenters. The maximum absolute atomic E-state index is 13.6. The van der Waals surface area contributed by atoms with Gasteiger partial charge in [-0.2, -0.15) is 0 Å². The lowest BCUT2D eigenvalue weighted by molar-refractivity contribution is 0.239. The summed E-state index contributed by atoms with van der Waals surface area (Å²) in [4.78, 5) is 0. The zero-order chi connectivity index (χ0) is 11.5. The van der Waals surface area contributed by atoms with Gasteiger partial charge in [-0.15, -0.1) is 0 Å². The molecule has 0 bridgehead atoms. The van der Waals surface area contributed by atoms with Crippen molar-refractivity contribution in [3.05, 3.63) is 34.6 Å². The van der Waals surface area contributed by atoms with Crippen LogP contribution in [0.3, 0.4) is 0 Å². The lowest BCUT2D eigenvalue weighted by Gasteiger charge is -2.32. The number of hydrogen-bond donors (Lipinski definition) is 1. The minimum absolute atomic E-state index is 0.204. The maximum atomic E-state index is 13.6. The van der Waals surface area contributed by atoms with Gasteiger partial charge in [0.2, 0.25) is 0 Å². The second-order valence-corrected chi connectivity index (χ2v) is 4.98. The Kier molecular flexibility index (Phi) is 3.82. The van der Waals surface area contributed by atoms with Crippen molar-refractivity contribution in [1.82, 2.24) is 5.32 Å². The van der Waals surface area contributed by atoms with Crippen LogP contribution in [0, 0.1) is 11.7 Å². The van der Waals surface area contributed by atoms with E-state index >= 15 is 0 Å². The van der Waals surface area contributed by atoms with E-state index in [0.29, 0.717) is 18.2 Å². The van der Waals surface area contributed by atoms with Crippen LogP contribution in [0.5, 0.6) is 0 Å². The van der Waals surface area contributed by atoms with E-state index in [1.54, 1.807) is 18.2 Å². The van der Waals surface area contributed by atoms with Crippen LogP contribution in [-0.4, -0.2) is 6.04 Å². The summed E-state index contributed by atoms with van der Waals surface area (Å²) in [6, 6.07) is 5.61. The number of nitrogens with one attached hydrogen (secondary N) is 1. The molecule has 88 valence electrons. The first-order valence-corrected chi connectivity index (χ1v) is 6.22. The van der Waals surface area contributed by atoms with Gasteiger partial charge in [0.15, 0.2) is 0 Å². The summed E-state index contributed by atoms with van der Waals surface area (Å²) in [6.07, 6.45) is 3.93. The molecule has 1 nitrogen and oxygen atoms in total. The number of benzene rings is 1. The minimum Gasteiger partial charge on any atom is -0.310 e. The molecule has 1 aliphatic carbocycles. The average molecular weight is 242 g/mol. The van der Waals surface area contributed by atoms with Crippen molar-refractivity contribution >= 4 is 11.6 Å². The third-order valence-electron chi connectivity index (χ3n) is 3.50. The van der Waals surface area contributed by atoms with Crippen LogP contribution in [0.4, 0.5) is 4.39 Å². The Hall–Kier alpha value is -0.600. The van der Waals surface area contributed by atoms with Gasteiger partial charge in [0, 0.05) is 18.2 Å². The highest BCUT2D eigenvalue weighted by atomic mass is 35.5. The second-order valence-electron chi connectivity index (χ2n) is 4.57. The van der Waals surface area contributed by atoms with Crippen molar-refractivity contribution in [1.29, 1.82) is 0 Å². The quantitative estimate of drug-likeness (QED) is 0.847. The Morgan fingerprint density at radius 3 is 2.88 bits per heavy atom. The lowest BCUT2D eigenvalue weighted by atomic mass is 9.80. The zero-order valence-electron chi connectivity index (χ0n) is 9.47. The SMILES string of the molecule is CC(NCc1cccc(Cl)c1F)C1CCC1. The van der Waals surface area contributed by atoms with Gasteiger partial charge >= 0.3 is 0 Å². The Balaban J connectivity index is 1.91. The molecular formula is C13H17ClFN. The van der Waals surface area contributed by atoms with Gasteiger partial charge in [0.25, 0.3) is 0 Å². The van der Waals surface area contributed by atoms with Crippen molar-refractivity contribution in [2.75, 3.05) is 0 Å². The first-order chi connectivity index (χ1) is 7.68. The topological polar surface area (TPSA) is 12.0 Å². The molecule has 1 N–H and O–H groups in total. The van der Waals surface area contributed by atoms with Crippen molar-refractivity contribution < 1.29 is 4.39 Å². The molecular weight excluding hydrogens is 225 g/mol. The first-order valence-electron chi connectivity index (χ1n) is 5.84. The Morgan fingerprint density at radius 2 is 2.25 bits per heavy atom. The summed E-state index contributed by atoms with van der Waals surface area (Å²) < 4.78 is 13.6. The third-order valence-corrected chi connectivity index (χ3v) is 3.79. The van der Waals surface area contributed by atoms with Crippen LogP contribution in [0.2, 0.25) is 5.02 Å². The molecule has 0 spiro atoms. The van der Waals surface area contributed by atoms with Gasteiger partial charge < -0.3 is 5.32 Å². The molecule has 0 aliphatic heterocycles. The molecule has 1 aromatic rings. The van der Waals surface area contributed by atoms with Crippen LogP contribution in [0.1, 0.15) is 31.7 Å². The highest BCUT2D eigenvalue weighted by Gasteiger charge is 2.23. The second kappa shape index (κ2) is 5.15. The molecule has 1 saturated carbocycles. The molecule has 1 unspecified atom stereocenters. The fourth-order valence-electron chi connectivity index (χ4n) is 2.06. The summed E-state index contributed by atoms with van der Waals surface area (Å²) >= 11 is 5.73. The van der Waals surface area contributed by atoms with E-state index in [4.69, 9.17) is 11.6 Å². The lowest BCUT2D eigenvalue weighted by Crippen LogP contribution is -2.36. The smallest absolute Gasteiger partial charge is 0.146 e. The molecule has 0 heterocycles. The van der Waals surface area contributed by atoms with E-state index in [-0.39, 0.29) is 10.8 Å². The van der Waals surface area contributed by atoms with Gasteiger partial charge in [0.05, 0.1) is 5.02 Å². The number of rotatable bonds is 4. The molecule has 3 heteroatoms. The van der Waals surface area contributed by atoms with Crippen molar-refractivity contribution in [3.63, 3.8) is 0 Å². The summed E-state index contributed by atoms with van der Waals surface area (Å²) in [7, 11) is 0. The van der Waals surface area contributed by atoms with E-state index in [1.165, 1.54) is 19.3 Å². The maximum Gasteiger partial charge on any atom is 0.146 e. The molecule has 0 aromatic heterocycles. The fraction of sp³-hybridized carbons (Fsp3) is 0.538. The normalized spacial score (nSPS) is 18.2. The molecule has 0 amide bonds. The van der Waals surface area contributed by atoms with Gasteiger partial charge in [-0.25, -0.2) is 4.39 Å². The van der Waals surface area contributed by atoms with Crippen LogP contribution < -0.4 is 5.32 Å². The van der Waals surface area contributed by atoms with E-state index in [0.717, 1.165) is 5.92 Å². The van der Waals surface area contributed by atoms with Crippen molar-refractivity contribution in [3.8, 4) is 0 Å². The Labute approximate surface area is 101 Å². The van der Waals surface area contributed by atoms with E-state index in [9.17, 15) is 4.39 Å². The minimum atomic E-state index is -0.294. The predicted molar refractivity (Wildman–Crippen MR) is 65.1 cm³/mol. The van der Waals surface area contributed by atoms with Gasteiger partial charge in [-0.3, -0.25) is 0 Å². The molecule has 1 aliphatic rings. The molecule has 0 saturated heterocycles. The largest absolute Gasteiger partial charge is 0.310 e. The third kappa shape index (κ3) is 2.55. The molecule has 16 heavy (non-hydrogen) atoms. The van der Waals surface area contributed by atoms with Crippen LogP contribution in [-0.2, 0) is 6.54 Å². The molecule has 1 aromatic carbocycles. The number of halogens is 2. The molecule has 2 rings (SSSR count). The summed E-state index contributed by atoms with van der Waals surface area (Å²) in [5.74, 6) is 0.472. The molecule has 1 fully saturated rings. The highest BCUT2D eigenvalue weighted by Crippen LogP contribution is 2.29. The van der Waals surface area contributed by atoms with Gasteiger partial charge in [0.1, 0.15) is 5.82 Å². The highest BCUT2D eigenvalue weighted by molar-refractivity contribution is 6.30. The average Bonchev–Trinajstić information content (AvgIpc) is 2.18. The van der Waals surface area contributed by atoms with Crippen molar-refractivity contribution in [2.45, 2.75) is 38.8 Å². The first kappa shape index (κ1) is 11.9. The zero-order valence-corrected chi connectivity index (χ0v) is 10.2. The summed E-state index contributed by atoms with van der Waals surface area (Å²) in [6.45, 7) is 2.73. The Morgan fingerprint density at radius 1 is 1.50 bits per heavy atom. The van der Waals surface area contributed by atoms with Crippen LogP contribution >= 0.6 is 11.6 Å². The van der Waals surface area contributed by atoms with E-state index in [1.807, 2.05) is 0 Å².